The molecule has 0 unspecified atom stereocenters. The number of aryl methyl sites for hydroxylation is 1. The third-order valence-electron chi connectivity index (χ3n) is 5.73. The SMILES string of the molecule is Cn1nc(-c2ccccc2)c2c1CCN(C(=O)CN1CCCCC1)CC2. The van der Waals surface area contributed by atoms with E-state index in [-0.39, 0.29) is 5.91 Å². The van der Waals surface area contributed by atoms with Gasteiger partial charge in [0.05, 0.1) is 12.2 Å². The predicted molar refractivity (Wildman–Crippen MR) is 103 cm³/mol. The van der Waals surface area contributed by atoms with E-state index in [1.165, 1.54) is 30.5 Å². The third kappa shape index (κ3) is 3.54. The van der Waals surface area contributed by atoms with Gasteiger partial charge in [-0.05, 0) is 32.4 Å². The monoisotopic (exact) mass is 352 g/mol. The van der Waals surface area contributed by atoms with Crippen molar-refractivity contribution in [3.63, 3.8) is 0 Å². The van der Waals surface area contributed by atoms with Crippen LogP contribution in [0.4, 0.5) is 0 Å². The van der Waals surface area contributed by atoms with Crippen LogP contribution >= 0.6 is 0 Å². The fraction of sp³-hybridized carbons (Fsp3) is 0.524. The molecule has 0 bridgehead atoms. The van der Waals surface area contributed by atoms with Crippen molar-refractivity contribution in [2.75, 3.05) is 32.7 Å². The minimum absolute atomic E-state index is 0.286. The summed E-state index contributed by atoms with van der Waals surface area (Å²) in [6.07, 6.45) is 5.53. The molecule has 0 saturated carbocycles. The molecule has 0 N–H and O–H groups in total. The smallest absolute Gasteiger partial charge is 0.236 e. The predicted octanol–water partition coefficient (Wildman–Crippen LogP) is 2.50. The number of fused-ring (bicyclic) bond motifs is 1. The molecule has 26 heavy (non-hydrogen) atoms. The molecule has 0 aliphatic carbocycles. The van der Waals surface area contributed by atoms with Crippen molar-refractivity contribution < 1.29 is 4.79 Å². The first-order valence-corrected chi connectivity index (χ1v) is 9.82. The zero-order chi connectivity index (χ0) is 17.9. The number of carbonyl (C=O) groups is 1. The van der Waals surface area contributed by atoms with E-state index in [0.29, 0.717) is 6.54 Å². The van der Waals surface area contributed by atoms with Crippen LogP contribution in [0.15, 0.2) is 30.3 Å². The highest BCUT2D eigenvalue weighted by Gasteiger charge is 2.25. The van der Waals surface area contributed by atoms with Crippen molar-refractivity contribution in [2.24, 2.45) is 7.05 Å². The lowest BCUT2D eigenvalue weighted by atomic mass is 10.0. The van der Waals surface area contributed by atoms with E-state index in [9.17, 15) is 4.79 Å². The minimum Gasteiger partial charge on any atom is -0.341 e. The van der Waals surface area contributed by atoms with Gasteiger partial charge >= 0.3 is 0 Å². The van der Waals surface area contributed by atoms with Gasteiger partial charge in [0.25, 0.3) is 0 Å². The Bertz CT molecular complexity index is 762. The van der Waals surface area contributed by atoms with E-state index in [0.717, 1.165) is 50.3 Å². The first-order valence-electron chi connectivity index (χ1n) is 9.82. The Morgan fingerprint density at radius 1 is 1.00 bits per heavy atom. The second kappa shape index (κ2) is 7.62. The van der Waals surface area contributed by atoms with Crippen LogP contribution in [0.5, 0.6) is 0 Å². The van der Waals surface area contributed by atoms with Crippen LogP contribution in [0, 0.1) is 0 Å². The van der Waals surface area contributed by atoms with Gasteiger partial charge in [-0.3, -0.25) is 14.4 Å². The highest BCUT2D eigenvalue weighted by atomic mass is 16.2. The maximum Gasteiger partial charge on any atom is 0.236 e. The second-order valence-corrected chi connectivity index (χ2v) is 7.48. The summed E-state index contributed by atoms with van der Waals surface area (Å²) >= 11 is 0. The van der Waals surface area contributed by atoms with Gasteiger partial charge in [-0.1, -0.05) is 36.8 Å². The summed E-state index contributed by atoms with van der Waals surface area (Å²) in [6, 6.07) is 10.4. The standard InChI is InChI=1S/C21H28N4O/c1-23-19-11-15-25(20(26)16-24-12-6-3-7-13-24)14-10-18(19)21(22-23)17-8-4-2-5-9-17/h2,4-5,8-9H,3,6-7,10-16H2,1H3. The fourth-order valence-corrected chi connectivity index (χ4v) is 4.26. The zero-order valence-corrected chi connectivity index (χ0v) is 15.7. The molecule has 1 amide bonds. The summed E-state index contributed by atoms with van der Waals surface area (Å²) in [6.45, 7) is 4.32. The number of benzene rings is 1. The first-order chi connectivity index (χ1) is 12.7. The van der Waals surface area contributed by atoms with Crippen LogP contribution in [0.3, 0.4) is 0 Å². The molecule has 1 aromatic heterocycles. The molecule has 138 valence electrons. The number of carbonyl (C=O) groups excluding carboxylic acids is 1. The van der Waals surface area contributed by atoms with Gasteiger partial charge in [-0.15, -0.1) is 0 Å². The van der Waals surface area contributed by atoms with Crippen molar-refractivity contribution in [1.82, 2.24) is 19.6 Å². The van der Waals surface area contributed by atoms with Crippen molar-refractivity contribution in [1.29, 1.82) is 0 Å². The normalized spacial score (nSPS) is 18.4. The lowest BCUT2D eigenvalue weighted by molar-refractivity contribution is -0.132. The van der Waals surface area contributed by atoms with Crippen molar-refractivity contribution in [3.05, 3.63) is 41.6 Å². The number of rotatable bonds is 3. The Hall–Kier alpha value is -2.14. The largest absolute Gasteiger partial charge is 0.341 e. The summed E-state index contributed by atoms with van der Waals surface area (Å²) in [4.78, 5) is 17.2. The number of piperidine rings is 1. The lowest BCUT2D eigenvalue weighted by Gasteiger charge is -2.29. The highest BCUT2D eigenvalue weighted by Crippen LogP contribution is 2.28. The fourth-order valence-electron chi connectivity index (χ4n) is 4.26. The van der Waals surface area contributed by atoms with Crippen molar-refractivity contribution >= 4 is 5.91 Å². The van der Waals surface area contributed by atoms with Crippen LogP contribution < -0.4 is 0 Å². The van der Waals surface area contributed by atoms with E-state index in [1.54, 1.807) is 0 Å². The number of hydrogen-bond donors (Lipinski definition) is 0. The molecule has 1 aromatic carbocycles. The molecule has 1 saturated heterocycles. The minimum atomic E-state index is 0.286. The molecule has 2 aliphatic rings. The Morgan fingerprint density at radius 3 is 2.50 bits per heavy atom. The van der Waals surface area contributed by atoms with Crippen LogP contribution in [0.2, 0.25) is 0 Å². The summed E-state index contributed by atoms with van der Waals surface area (Å²) in [7, 11) is 2.02. The topological polar surface area (TPSA) is 41.4 Å². The molecule has 4 rings (SSSR count). The molecule has 1 fully saturated rings. The third-order valence-corrected chi connectivity index (χ3v) is 5.73. The number of aromatic nitrogens is 2. The molecular weight excluding hydrogens is 324 g/mol. The second-order valence-electron chi connectivity index (χ2n) is 7.48. The lowest BCUT2D eigenvalue weighted by Crippen LogP contribution is -2.43. The molecule has 5 heteroatoms. The van der Waals surface area contributed by atoms with Crippen molar-refractivity contribution in [2.45, 2.75) is 32.1 Å². The van der Waals surface area contributed by atoms with E-state index in [4.69, 9.17) is 5.10 Å². The first kappa shape index (κ1) is 17.3. The molecule has 0 atom stereocenters. The molecule has 2 aromatic rings. The Balaban J connectivity index is 1.48. The maximum atomic E-state index is 12.8. The molecule has 5 nitrogen and oxygen atoms in total. The van der Waals surface area contributed by atoms with Crippen LogP contribution in [-0.4, -0.2) is 58.2 Å². The summed E-state index contributed by atoms with van der Waals surface area (Å²) in [5.74, 6) is 0.286. The molecule has 2 aliphatic heterocycles. The van der Waals surface area contributed by atoms with Gasteiger partial charge in [0.2, 0.25) is 5.91 Å². The quantitative estimate of drug-likeness (QED) is 0.852. The average molecular weight is 352 g/mol. The van der Waals surface area contributed by atoms with Crippen LogP contribution in [-0.2, 0) is 24.7 Å². The molecular formula is C21H28N4O. The summed E-state index contributed by atoms with van der Waals surface area (Å²) in [5.41, 5.74) is 4.83. The number of nitrogens with zero attached hydrogens (tertiary/aromatic N) is 4. The zero-order valence-electron chi connectivity index (χ0n) is 15.7. The molecule has 3 heterocycles. The Kier molecular flexibility index (Phi) is 5.07. The van der Waals surface area contributed by atoms with Gasteiger partial charge in [0.1, 0.15) is 0 Å². The van der Waals surface area contributed by atoms with Gasteiger partial charge in [-0.2, -0.15) is 5.10 Å². The van der Waals surface area contributed by atoms with Gasteiger partial charge in [0, 0.05) is 43.4 Å². The number of amides is 1. The Morgan fingerprint density at radius 2 is 1.73 bits per heavy atom. The van der Waals surface area contributed by atoms with E-state index < -0.39 is 0 Å². The van der Waals surface area contributed by atoms with Gasteiger partial charge in [-0.25, -0.2) is 0 Å². The van der Waals surface area contributed by atoms with Crippen molar-refractivity contribution in [3.8, 4) is 11.3 Å². The van der Waals surface area contributed by atoms with Crippen LogP contribution in [0.25, 0.3) is 11.3 Å². The maximum absolute atomic E-state index is 12.8. The molecule has 0 radical (unpaired) electrons. The van der Waals surface area contributed by atoms with E-state index in [1.807, 2.05) is 17.8 Å². The number of likely N-dealkylation sites (tertiary alicyclic amines) is 1. The van der Waals surface area contributed by atoms with Crippen LogP contribution in [0.1, 0.15) is 30.5 Å². The Labute approximate surface area is 155 Å². The van der Waals surface area contributed by atoms with Gasteiger partial charge in [0.15, 0.2) is 0 Å². The van der Waals surface area contributed by atoms with Gasteiger partial charge < -0.3 is 4.90 Å². The summed E-state index contributed by atoms with van der Waals surface area (Å²) in [5, 5.41) is 4.77. The summed E-state index contributed by atoms with van der Waals surface area (Å²) < 4.78 is 2.01. The molecule has 0 spiro atoms. The highest BCUT2D eigenvalue weighted by molar-refractivity contribution is 5.78. The van der Waals surface area contributed by atoms with E-state index in [2.05, 4.69) is 34.1 Å². The average Bonchev–Trinajstić information content (AvgIpc) is 2.85. The van der Waals surface area contributed by atoms with E-state index >= 15 is 0 Å². The number of hydrogen-bond acceptors (Lipinski definition) is 3.